The molecule has 1 aromatic rings. The number of hydrogen-bond acceptors (Lipinski definition) is 3. The van der Waals surface area contributed by atoms with E-state index in [0.29, 0.717) is 6.04 Å². The average Bonchev–Trinajstić information content (AvgIpc) is 2.46. The van der Waals surface area contributed by atoms with E-state index >= 15 is 0 Å². The fraction of sp³-hybridized carbons (Fsp3) is 0.625. The predicted molar refractivity (Wildman–Crippen MR) is 80.9 cm³/mol. The summed E-state index contributed by atoms with van der Waals surface area (Å²) < 4.78 is 5.06. The summed E-state index contributed by atoms with van der Waals surface area (Å²) in [6.45, 7) is 6.41. The molecule has 0 aromatic heterocycles. The van der Waals surface area contributed by atoms with E-state index in [-0.39, 0.29) is 0 Å². The molecule has 1 aromatic carbocycles. The van der Waals surface area contributed by atoms with Crippen LogP contribution in [0.25, 0.3) is 0 Å². The van der Waals surface area contributed by atoms with E-state index in [1.807, 2.05) is 0 Å². The summed E-state index contributed by atoms with van der Waals surface area (Å²) in [5.41, 5.74) is 2.93. The molecular formula is C16H26N2O. The zero-order valence-electron chi connectivity index (χ0n) is 12.2. The number of aryl methyl sites for hydroxylation is 1. The number of nitrogens with one attached hydrogen (secondary N) is 1. The minimum absolute atomic E-state index is 0.545. The topological polar surface area (TPSA) is 24.5 Å². The molecule has 0 saturated carbocycles. The van der Waals surface area contributed by atoms with Gasteiger partial charge < -0.3 is 15.0 Å². The van der Waals surface area contributed by atoms with Crippen LogP contribution in [0.2, 0.25) is 0 Å². The molecule has 1 heterocycles. The normalized spacial score (nSPS) is 16.2. The molecule has 3 nitrogen and oxygen atoms in total. The molecule has 0 spiro atoms. The predicted octanol–water partition coefficient (Wildman–Crippen LogP) is 2.45. The van der Waals surface area contributed by atoms with Crippen LogP contribution < -0.4 is 10.2 Å². The lowest BCUT2D eigenvalue weighted by Crippen LogP contribution is -2.43. The average molecular weight is 262 g/mol. The first kappa shape index (κ1) is 14.4. The Morgan fingerprint density at radius 3 is 3.05 bits per heavy atom. The molecule has 3 heteroatoms. The molecule has 106 valence electrons. The quantitative estimate of drug-likeness (QED) is 0.764. The van der Waals surface area contributed by atoms with Crippen molar-refractivity contribution in [2.24, 2.45) is 0 Å². The summed E-state index contributed by atoms with van der Waals surface area (Å²) in [4.78, 5) is 2.54. The van der Waals surface area contributed by atoms with Gasteiger partial charge in [0.25, 0.3) is 0 Å². The Morgan fingerprint density at radius 2 is 2.21 bits per heavy atom. The minimum atomic E-state index is 0.545. The van der Waals surface area contributed by atoms with Crippen molar-refractivity contribution in [3.8, 4) is 0 Å². The van der Waals surface area contributed by atoms with E-state index in [2.05, 4.69) is 41.4 Å². The lowest BCUT2D eigenvalue weighted by atomic mass is 10.0. The monoisotopic (exact) mass is 262 g/mol. The molecule has 0 aliphatic carbocycles. The maximum atomic E-state index is 5.06. The van der Waals surface area contributed by atoms with E-state index in [1.165, 1.54) is 30.6 Å². The van der Waals surface area contributed by atoms with Crippen LogP contribution in [-0.4, -0.2) is 39.4 Å². The van der Waals surface area contributed by atoms with Gasteiger partial charge in [0, 0.05) is 38.5 Å². The highest BCUT2D eigenvalue weighted by molar-refractivity contribution is 5.56. The Balaban J connectivity index is 1.84. The highest BCUT2D eigenvalue weighted by Crippen LogP contribution is 2.28. The summed E-state index contributed by atoms with van der Waals surface area (Å²) in [6, 6.07) is 9.37. The first-order valence-corrected chi connectivity index (χ1v) is 7.37. The highest BCUT2D eigenvalue weighted by Gasteiger charge is 2.20. The molecule has 1 aliphatic rings. The van der Waals surface area contributed by atoms with Crippen molar-refractivity contribution < 1.29 is 4.74 Å². The van der Waals surface area contributed by atoms with E-state index in [0.717, 1.165) is 26.1 Å². The lowest BCUT2D eigenvalue weighted by Gasteiger charge is -2.36. The van der Waals surface area contributed by atoms with Gasteiger partial charge in [-0.05, 0) is 44.4 Å². The highest BCUT2D eigenvalue weighted by atomic mass is 16.5. The summed E-state index contributed by atoms with van der Waals surface area (Å²) in [7, 11) is 1.76. The molecule has 0 fully saturated rings. The molecule has 1 unspecified atom stereocenters. The first-order valence-electron chi connectivity index (χ1n) is 7.37. The SMILES string of the molecule is COCCCNCC(C)N1CCCc2ccccc21. The van der Waals surface area contributed by atoms with Crippen molar-refractivity contribution in [2.75, 3.05) is 38.3 Å². The number of benzene rings is 1. The van der Waals surface area contributed by atoms with Crippen LogP contribution in [0.4, 0.5) is 5.69 Å². The van der Waals surface area contributed by atoms with Gasteiger partial charge in [0.2, 0.25) is 0 Å². The van der Waals surface area contributed by atoms with E-state index in [1.54, 1.807) is 7.11 Å². The number of hydrogen-bond donors (Lipinski definition) is 1. The van der Waals surface area contributed by atoms with Crippen molar-refractivity contribution in [3.05, 3.63) is 29.8 Å². The number of para-hydroxylation sites is 1. The Morgan fingerprint density at radius 1 is 1.37 bits per heavy atom. The van der Waals surface area contributed by atoms with E-state index in [9.17, 15) is 0 Å². The van der Waals surface area contributed by atoms with Crippen LogP contribution in [-0.2, 0) is 11.2 Å². The Hall–Kier alpha value is -1.06. The first-order chi connectivity index (χ1) is 9.33. The van der Waals surface area contributed by atoms with Gasteiger partial charge in [-0.15, -0.1) is 0 Å². The fourth-order valence-corrected chi connectivity index (χ4v) is 2.78. The van der Waals surface area contributed by atoms with Gasteiger partial charge in [-0.25, -0.2) is 0 Å². The van der Waals surface area contributed by atoms with Crippen LogP contribution in [0.15, 0.2) is 24.3 Å². The number of ether oxygens (including phenoxy) is 1. The molecule has 0 saturated heterocycles. The van der Waals surface area contributed by atoms with Gasteiger partial charge in [0.15, 0.2) is 0 Å². The van der Waals surface area contributed by atoms with Crippen LogP contribution in [0.5, 0.6) is 0 Å². The van der Waals surface area contributed by atoms with Crippen LogP contribution in [0.3, 0.4) is 0 Å². The third-order valence-corrected chi connectivity index (χ3v) is 3.82. The van der Waals surface area contributed by atoms with Crippen molar-refractivity contribution in [2.45, 2.75) is 32.2 Å². The Labute approximate surface area is 116 Å². The van der Waals surface area contributed by atoms with E-state index < -0.39 is 0 Å². The number of methoxy groups -OCH3 is 1. The van der Waals surface area contributed by atoms with Crippen molar-refractivity contribution >= 4 is 5.69 Å². The second-order valence-corrected chi connectivity index (χ2v) is 5.33. The Kier molecular flexibility index (Phi) is 5.67. The summed E-state index contributed by atoms with van der Waals surface area (Å²) >= 11 is 0. The van der Waals surface area contributed by atoms with Gasteiger partial charge >= 0.3 is 0 Å². The maximum absolute atomic E-state index is 5.06. The molecular weight excluding hydrogens is 236 g/mol. The molecule has 19 heavy (non-hydrogen) atoms. The summed E-state index contributed by atoms with van der Waals surface area (Å²) in [5.74, 6) is 0. The zero-order chi connectivity index (χ0) is 13.5. The van der Waals surface area contributed by atoms with Gasteiger partial charge in [-0.3, -0.25) is 0 Å². The number of anilines is 1. The molecule has 1 N–H and O–H groups in total. The molecule has 2 rings (SSSR count). The fourth-order valence-electron chi connectivity index (χ4n) is 2.78. The Bertz CT molecular complexity index is 381. The van der Waals surface area contributed by atoms with Crippen molar-refractivity contribution in [3.63, 3.8) is 0 Å². The zero-order valence-corrected chi connectivity index (χ0v) is 12.2. The maximum Gasteiger partial charge on any atom is 0.0474 e. The lowest BCUT2D eigenvalue weighted by molar-refractivity contribution is 0.194. The third-order valence-electron chi connectivity index (χ3n) is 3.82. The smallest absolute Gasteiger partial charge is 0.0474 e. The van der Waals surface area contributed by atoms with Gasteiger partial charge in [0.05, 0.1) is 0 Å². The number of rotatable bonds is 7. The summed E-state index contributed by atoms with van der Waals surface area (Å²) in [6.07, 6.45) is 3.57. The van der Waals surface area contributed by atoms with Gasteiger partial charge in [-0.2, -0.15) is 0 Å². The largest absolute Gasteiger partial charge is 0.385 e. The van der Waals surface area contributed by atoms with E-state index in [4.69, 9.17) is 4.74 Å². The molecule has 1 atom stereocenters. The number of fused-ring (bicyclic) bond motifs is 1. The molecule has 0 bridgehead atoms. The van der Waals surface area contributed by atoms with Crippen molar-refractivity contribution in [1.29, 1.82) is 0 Å². The van der Waals surface area contributed by atoms with Crippen molar-refractivity contribution in [1.82, 2.24) is 5.32 Å². The summed E-state index contributed by atoms with van der Waals surface area (Å²) in [5, 5.41) is 3.53. The van der Waals surface area contributed by atoms with Crippen LogP contribution in [0.1, 0.15) is 25.3 Å². The van der Waals surface area contributed by atoms with Gasteiger partial charge in [0.1, 0.15) is 0 Å². The standard InChI is InChI=1S/C16H26N2O/c1-14(13-17-10-6-12-19-2)18-11-5-8-15-7-3-4-9-16(15)18/h3-4,7,9,14,17H,5-6,8,10-13H2,1-2H3. The molecule has 0 radical (unpaired) electrons. The molecule has 1 aliphatic heterocycles. The second-order valence-electron chi connectivity index (χ2n) is 5.33. The number of nitrogens with zero attached hydrogens (tertiary/aromatic N) is 1. The van der Waals surface area contributed by atoms with Crippen LogP contribution >= 0.6 is 0 Å². The van der Waals surface area contributed by atoms with Gasteiger partial charge in [-0.1, -0.05) is 18.2 Å². The second kappa shape index (κ2) is 7.51. The molecule has 0 amide bonds. The third kappa shape index (κ3) is 3.95. The minimum Gasteiger partial charge on any atom is -0.385 e. The van der Waals surface area contributed by atoms with Crippen LogP contribution in [0, 0.1) is 0 Å².